The van der Waals surface area contributed by atoms with Crippen molar-refractivity contribution in [3.05, 3.63) is 69.4 Å². The summed E-state index contributed by atoms with van der Waals surface area (Å²) in [7, 11) is 0. The van der Waals surface area contributed by atoms with Gasteiger partial charge in [-0.3, -0.25) is 0 Å². The van der Waals surface area contributed by atoms with Crippen molar-refractivity contribution < 1.29 is 0 Å². The fourth-order valence-corrected chi connectivity index (χ4v) is 13.8. The maximum absolute atomic E-state index is 2.58. The number of hydrogen-bond acceptors (Lipinski definition) is 2. The lowest BCUT2D eigenvalue weighted by Gasteiger charge is -2.23. The number of aryl methyl sites for hydroxylation is 2. The minimum atomic E-state index is 0.686. The van der Waals surface area contributed by atoms with Crippen LogP contribution in [0.2, 0.25) is 0 Å². The molecular weight excluding hydrogens is 893 g/mol. The van der Waals surface area contributed by atoms with Crippen LogP contribution in [0, 0.1) is 25.7 Å². The van der Waals surface area contributed by atoms with E-state index in [1.807, 2.05) is 22.7 Å². The third kappa shape index (κ3) is 26.4. The van der Waals surface area contributed by atoms with Crippen molar-refractivity contribution in [2.24, 2.45) is 11.8 Å². The molecule has 0 aliphatic carbocycles. The quantitative estimate of drug-likeness (QED) is 0.0387. The zero-order valence-electron chi connectivity index (χ0n) is 48.0. The number of unbranched alkanes of at least 4 members (excludes halogenated alkanes) is 35. The Kier molecular flexibility index (Phi) is 35.1. The SMILES string of the molecule is CCCCCCCCCCCCCCCCC(CCCCCCCCCCCCCC)Cc1c(-c2ccc(C)s2)ccc2c(CC(C)CCCCCCCCCCCCCC)c(-c3ccc(C)s3)ccc12. The van der Waals surface area contributed by atoms with Crippen molar-refractivity contribution in [2.45, 2.75) is 318 Å². The highest BCUT2D eigenvalue weighted by Gasteiger charge is 2.21. The highest BCUT2D eigenvalue weighted by atomic mass is 32.1. The van der Waals surface area contributed by atoms with Crippen LogP contribution in [0.15, 0.2) is 48.5 Å². The predicted octanol–water partition coefficient (Wildman–Crippen LogP) is 25.3. The Morgan fingerprint density at radius 1 is 0.310 bits per heavy atom. The molecule has 0 radical (unpaired) electrons. The first-order valence-corrected chi connectivity index (χ1v) is 33.3. The Morgan fingerprint density at radius 2 is 0.592 bits per heavy atom. The Labute approximate surface area is 450 Å². The van der Waals surface area contributed by atoms with Crippen LogP contribution < -0.4 is 0 Å². The molecule has 0 aliphatic rings. The van der Waals surface area contributed by atoms with Gasteiger partial charge in [-0.15, -0.1) is 22.7 Å². The van der Waals surface area contributed by atoms with Crippen molar-refractivity contribution in [1.82, 2.24) is 0 Å². The Hall–Kier alpha value is -1.90. The first-order valence-electron chi connectivity index (χ1n) is 31.7. The Balaban J connectivity index is 1.44. The van der Waals surface area contributed by atoms with Crippen LogP contribution in [0.5, 0.6) is 0 Å². The predicted molar refractivity (Wildman–Crippen MR) is 326 cm³/mol. The van der Waals surface area contributed by atoms with Gasteiger partial charge in [0.25, 0.3) is 0 Å². The van der Waals surface area contributed by atoms with Gasteiger partial charge in [-0.2, -0.15) is 0 Å². The summed E-state index contributed by atoms with van der Waals surface area (Å²) in [6.45, 7) is 14.1. The highest BCUT2D eigenvalue weighted by molar-refractivity contribution is 7.15. The fourth-order valence-electron chi connectivity index (χ4n) is 11.9. The molecule has 0 nitrogen and oxygen atoms in total. The molecular formula is C69H114S2. The van der Waals surface area contributed by atoms with Gasteiger partial charge in [-0.05, 0) is 95.8 Å². The second-order valence-electron chi connectivity index (χ2n) is 23.2. The van der Waals surface area contributed by atoms with Gasteiger partial charge in [0, 0.05) is 19.5 Å². The monoisotopic (exact) mass is 1010 g/mol. The van der Waals surface area contributed by atoms with E-state index >= 15 is 0 Å². The smallest absolute Gasteiger partial charge is 0.0348 e. The van der Waals surface area contributed by atoms with Gasteiger partial charge < -0.3 is 0 Å². The topological polar surface area (TPSA) is 0 Å². The van der Waals surface area contributed by atoms with Gasteiger partial charge in [-0.25, -0.2) is 0 Å². The maximum Gasteiger partial charge on any atom is 0.0348 e. The number of hydrogen-bond donors (Lipinski definition) is 0. The normalized spacial score (nSPS) is 12.7. The van der Waals surface area contributed by atoms with Gasteiger partial charge in [0.1, 0.15) is 0 Å². The van der Waals surface area contributed by atoms with E-state index in [9.17, 15) is 0 Å². The van der Waals surface area contributed by atoms with Crippen molar-refractivity contribution >= 4 is 33.4 Å². The van der Waals surface area contributed by atoms with E-state index in [0.29, 0.717) is 5.92 Å². The second kappa shape index (κ2) is 40.4. The van der Waals surface area contributed by atoms with E-state index in [4.69, 9.17) is 0 Å². The summed E-state index contributed by atoms with van der Waals surface area (Å²) in [5.41, 5.74) is 6.29. The summed E-state index contributed by atoms with van der Waals surface area (Å²) in [4.78, 5) is 5.78. The van der Waals surface area contributed by atoms with Crippen molar-refractivity contribution in [3.8, 4) is 20.9 Å². The summed E-state index contributed by atoms with van der Waals surface area (Å²) in [5, 5.41) is 3.10. The largest absolute Gasteiger partial charge is 0.141 e. The number of thiophene rings is 2. The molecule has 0 N–H and O–H groups in total. The van der Waals surface area contributed by atoms with E-state index in [2.05, 4.69) is 90.1 Å². The maximum atomic E-state index is 2.58. The first kappa shape index (κ1) is 61.6. The molecule has 0 fully saturated rings. The van der Waals surface area contributed by atoms with Gasteiger partial charge in [0.2, 0.25) is 0 Å². The molecule has 402 valence electrons. The lowest BCUT2D eigenvalue weighted by atomic mass is 9.82. The molecule has 2 atom stereocenters. The van der Waals surface area contributed by atoms with Crippen LogP contribution in [0.3, 0.4) is 0 Å². The molecule has 0 saturated carbocycles. The van der Waals surface area contributed by atoms with Crippen molar-refractivity contribution in [1.29, 1.82) is 0 Å². The van der Waals surface area contributed by atoms with Gasteiger partial charge in [0.05, 0.1) is 0 Å². The average molecular weight is 1010 g/mol. The van der Waals surface area contributed by atoms with Gasteiger partial charge in [-0.1, -0.05) is 315 Å². The number of rotatable bonds is 47. The zero-order valence-corrected chi connectivity index (χ0v) is 49.6. The molecule has 0 spiro atoms. The van der Waals surface area contributed by atoms with Crippen molar-refractivity contribution in [2.75, 3.05) is 0 Å². The van der Waals surface area contributed by atoms with Crippen LogP contribution in [-0.4, -0.2) is 0 Å². The lowest BCUT2D eigenvalue weighted by Crippen LogP contribution is -2.08. The molecule has 0 saturated heterocycles. The molecule has 0 amide bonds. The standard InChI is InChI=1S/C69H114S2/c1-7-10-13-16-19-22-25-28-29-32-35-38-41-44-47-61(46-43-40-37-34-31-27-24-21-18-15-12-9-3)57-67-63-51-52-64(68-54-48-59(5)70-68)66(62(63)50-53-65(67)69-55-49-60(6)71-69)56-58(4)45-42-39-36-33-30-26-23-20-17-14-11-8-2/h48-55,58,61H,7-47,56-57H2,1-6H3. The summed E-state index contributed by atoms with van der Waals surface area (Å²) in [5.74, 6) is 1.44. The highest BCUT2D eigenvalue weighted by Crippen LogP contribution is 2.42. The Morgan fingerprint density at radius 3 is 0.887 bits per heavy atom. The third-order valence-electron chi connectivity index (χ3n) is 16.5. The summed E-state index contributed by atoms with van der Waals surface area (Å²) in [6.07, 6.45) is 61.0. The van der Waals surface area contributed by atoms with E-state index in [-0.39, 0.29) is 0 Å². The third-order valence-corrected chi connectivity index (χ3v) is 18.5. The second-order valence-corrected chi connectivity index (χ2v) is 25.8. The Bertz CT molecular complexity index is 1860. The molecule has 4 rings (SSSR count). The molecule has 0 aliphatic heterocycles. The van der Waals surface area contributed by atoms with Crippen molar-refractivity contribution in [3.63, 3.8) is 0 Å². The molecule has 2 unspecified atom stereocenters. The van der Waals surface area contributed by atoms with Crippen LogP contribution in [0.4, 0.5) is 0 Å². The molecule has 2 aromatic carbocycles. The first-order chi connectivity index (χ1) is 34.9. The minimum absolute atomic E-state index is 0.686. The van der Waals surface area contributed by atoms with E-state index < -0.39 is 0 Å². The molecule has 2 aromatic heterocycles. The van der Waals surface area contributed by atoms with E-state index in [1.54, 1.807) is 21.9 Å². The minimum Gasteiger partial charge on any atom is -0.141 e. The zero-order chi connectivity index (χ0) is 50.4. The van der Waals surface area contributed by atoms with Crippen LogP contribution in [0.1, 0.15) is 312 Å². The lowest BCUT2D eigenvalue weighted by molar-refractivity contribution is 0.400. The fraction of sp³-hybridized carbons (Fsp3) is 0.739. The van der Waals surface area contributed by atoms with Gasteiger partial charge in [0.15, 0.2) is 0 Å². The number of benzene rings is 2. The molecule has 0 bridgehead atoms. The summed E-state index contributed by atoms with van der Waals surface area (Å²) >= 11 is 4.00. The molecule has 2 heteroatoms. The molecule has 71 heavy (non-hydrogen) atoms. The summed E-state index contributed by atoms with van der Waals surface area (Å²) < 4.78 is 0. The van der Waals surface area contributed by atoms with Crippen LogP contribution in [-0.2, 0) is 12.8 Å². The molecule has 4 aromatic rings. The van der Waals surface area contributed by atoms with E-state index in [1.165, 1.54) is 307 Å². The average Bonchev–Trinajstić information content (AvgIpc) is 4.02. The number of fused-ring (bicyclic) bond motifs is 1. The van der Waals surface area contributed by atoms with Crippen LogP contribution >= 0.6 is 22.7 Å². The van der Waals surface area contributed by atoms with Gasteiger partial charge >= 0.3 is 0 Å². The van der Waals surface area contributed by atoms with Crippen LogP contribution in [0.25, 0.3) is 31.7 Å². The summed E-state index contributed by atoms with van der Waals surface area (Å²) in [6, 6.07) is 19.8. The molecule has 2 heterocycles. The van der Waals surface area contributed by atoms with E-state index in [0.717, 1.165) is 5.92 Å².